The molecule has 8 heteroatoms. The van der Waals surface area contributed by atoms with E-state index in [0.29, 0.717) is 16.8 Å². The third-order valence-electron chi connectivity index (χ3n) is 6.14. The zero-order valence-electron chi connectivity index (χ0n) is 18.6. The number of hydrogen-bond acceptors (Lipinski definition) is 5. The van der Waals surface area contributed by atoms with E-state index in [1.165, 1.54) is 17.7 Å². The van der Waals surface area contributed by atoms with Gasteiger partial charge in [0.2, 0.25) is 11.8 Å². The number of piperazine rings is 1. The molecule has 1 aliphatic heterocycles. The molecule has 5 nitrogen and oxygen atoms in total. The summed E-state index contributed by atoms with van der Waals surface area (Å²) >= 11 is 12.7. The number of aryl methyl sites for hydroxylation is 1. The molecule has 0 bridgehead atoms. The number of benzene rings is 3. The molecule has 1 aliphatic rings. The number of nitrogens with zero attached hydrogens (tertiary/aromatic N) is 4. The van der Waals surface area contributed by atoms with Gasteiger partial charge in [-0.05, 0) is 54.4 Å². The Morgan fingerprint density at radius 1 is 0.912 bits per heavy atom. The normalized spacial score (nSPS) is 15.5. The Labute approximate surface area is 207 Å². The second-order valence-electron chi connectivity index (χ2n) is 8.33. The maximum Gasteiger partial charge on any atom is 0.247 e. The van der Waals surface area contributed by atoms with Gasteiger partial charge in [0, 0.05) is 47.5 Å². The molecule has 34 heavy (non-hydrogen) atoms. The zero-order valence-corrected chi connectivity index (χ0v) is 20.1. The standard InChI is InChI=1S/C26H23Cl2FN4O/c1-17-7-8-19(27)15-23(17)32-11-13-33(14-12-32)24(21-10-9-20(29)16-22(21)28)26-31-30-25(34-26)18-5-3-2-4-6-18/h2-10,15-16,24H,11-14H2,1H3/t24-/m1/s1. The Balaban J connectivity index is 1.45. The lowest BCUT2D eigenvalue weighted by Crippen LogP contribution is -2.48. The Kier molecular flexibility index (Phi) is 6.55. The Morgan fingerprint density at radius 3 is 2.41 bits per heavy atom. The van der Waals surface area contributed by atoms with Crippen molar-refractivity contribution in [3.05, 3.63) is 99.6 Å². The van der Waals surface area contributed by atoms with E-state index in [4.69, 9.17) is 27.6 Å². The monoisotopic (exact) mass is 496 g/mol. The van der Waals surface area contributed by atoms with E-state index >= 15 is 0 Å². The number of hydrogen-bond donors (Lipinski definition) is 0. The van der Waals surface area contributed by atoms with E-state index in [9.17, 15) is 4.39 Å². The molecule has 0 saturated carbocycles. The number of anilines is 1. The highest BCUT2D eigenvalue weighted by Crippen LogP contribution is 2.36. The molecule has 174 valence electrons. The van der Waals surface area contributed by atoms with Crippen LogP contribution in [0.5, 0.6) is 0 Å². The minimum Gasteiger partial charge on any atom is -0.419 e. The topological polar surface area (TPSA) is 45.4 Å². The molecule has 1 aromatic heterocycles. The largest absolute Gasteiger partial charge is 0.419 e. The van der Waals surface area contributed by atoms with Gasteiger partial charge in [-0.2, -0.15) is 0 Å². The van der Waals surface area contributed by atoms with E-state index in [2.05, 4.69) is 26.9 Å². The average Bonchev–Trinajstić information content (AvgIpc) is 3.33. The van der Waals surface area contributed by atoms with Crippen molar-refractivity contribution in [2.24, 2.45) is 0 Å². The molecule has 0 spiro atoms. The van der Waals surface area contributed by atoms with E-state index in [0.717, 1.165) is 48.0 Å². The van der Waals surface area contributed by atoms with E-state index in [1.54, 1.807) is 6.07 Å². The lowest BCUT2D eigenvalue weighted by molar-refractivity contribution is 0.188. The minimum absolute atomic E-state index is 0.331. The maximum absolute atomic E-state index is 13.8. The van der Waals surface area contributed by atoms with E-state index in [1.807, 2.05) is 48.5 Å². The molecule has 0 aliphatic carbocycles. The van der Waals surface area contributed by atoms with Crippen molar-refractivity contribution in [2.75, 3.05) is 31.1 Å². The van der Waals surface area contributed by atoms with Gasteiger partial charge in [-0.25, -0.2) is 4.39 Å². The molecule has 1 fully saturated rings. The number of rotatable bonds is 5. The lowest BCUT2D eigenvalue weighted by atomic mass is 10.0. The summed E-state index contributed by atoms with van der Waals surface area (Å²) in [5.41, 5.74) is 3.89. The Morgan fingerprint density at radius 2 is 1.68 bits per heavy atom. The van der Waals surface area contributed by atoms with Crippen LogP contribution in [0.2, 0.25) is 10.0 Å². The van der Waals surface area contributed by atoms with Gasteiger partial charge in [-0.3, -0.25) is 4.90 Å². The van der Waals surface area contributed by atoms with Crippen LogP contribution in [0, 0.1) is 12.7 Å². The molecular formula is C26H23Cl2FN4O. The second kappa shape index (κ2) is 9.74. The van der Waals surface area contributed by atoms with Crippen molar-refractivity contribution in [1.29, 1.82) is 0 Å². The highest BCUT2D eigenvalue weighted by Gasteiger charge is 2.32. The SMILES string of the molecule is Cc1ccc(Cl)cc1N1CCN([C@@H](c2nnc(-c3ccccc3)o2)c2ccc(F)cc2Cl)CC1. The quantitative estimate of drug-likeness (QED) is 0.319. The predicted molar refractivity (Wildman–Crippen MR) is 133 cm³/mol. The molecule has 1 saturated heterocycles. The summed E-state index contributed by atoms with van der Waals surface area (Å²) in [6.07, 6.45) is 0. The van der Waals surface area contributed by atoms with Gasteiger partial charge in [0.05, 0.1) is 0 Å². The fraction of sp³-hybridized carbons (Fsp3) is 0.231. The van der Waals surface area contributed by atoms with Gasteiger partial charge in [0.1, 0.15) is 11.9 Å². The Bertz CT molecular complexity index is 1290. The predicted octanol–water partition coefficient (Wildman–Crippen LogP) is 6.40. The molecule has 0 unspecified atom stereocenters. The van der Waals surface area contributed by atoms with Crippen LogP contribution >= 0.6 is 23.2 Å². The maximum atomic E-state index is 13.8. The molecular weight excluding hydrogens is 474 g/mol. The molecule has 3 aromatic carbocycles. The summed E-state index contributed by atoms with van der Waals surface area (Å²) in [6, 6.07) is 19.6. The summed E-state index contributed by atoms with van der Waals surface area (Å²) in [5, 5.41) is 9.69. The summed E-state index contributed by atoms with van der Waals surface area (Å²) in [7, 11) is 0. The number of aromatic nitrogens is 2. The molecule has 5 rings (SSSR count). The van der Waals surface area contributed by atoms with Crippen LogP contribution in [0.4, 0.5) is 10.1 Å². The molecule has 0 amide bonds. The van der Waals surface area contributed by atoms with Crippen LogP contribution in [0.3, 0.4) is 0 Å². The van der Waals surface area contributed by atoms with Crippen LogP contribution in [0.1, 0.15) is 23.1 Å². The van der Waals surface area contributed by atoms with Crippen LogP contribution in [0.15, 0.2) is 71.1 Å². The van der Waals surface area contributed by atoms with Crippen molar-refractivity contribution in [1.82, 2.24) is 15.1 Å². The van der Waals surface area contributed by atoms with Crippen LogP contribution < -0.4 is 4.90 Å². The summed E-state index contributed by atoms with van der Waals surface area (Å²) in [4.78, 5) is 4.57. The first-order valence-electron chi connectivity index (χ1n) is 11.1. The zero-order chi connectivity index (χ0) is 23.7. The highest BCUT2D eigenvalue weighted by atomic mass is 35.5. The third-order valence-corrected chi connectivity index (χ3v) is 6.71. The van der Waals surface area contributed by atoms with Crippen molar-refractivity contribution >= 4 is 28.9 Å². The number of halogens is 3. The van der Waals surface area contributed by atoms with Gasteiger partial charge < -0.3 is 9.32 Å². The second-order valence-corrected chi connectivity index (χ2v) is 9.18. The first-order valence-corrected chi connectivity index (χ1v) is 11.8. The molecule has 2 heterocycles. The molecule has 1 atom stereocenters. The molecule has 0 radical (unpaired) electrons. The minimum atomic E-state index is -0.388. The van der Waals surface area contributed by atoms with E-state index in [-0.39, 0.29) is 11.9 Å². The summed E-state index contributed by atoms with van der Waals surface area (Å²) in [6.45, 7) is 5.12. The summed E-state index contributed by atoms with van der Waals surface area (Å²) in [5.74, 6) is 0.482. The first-order chi connectivity index (χ1) is 16.5. The van der Waals surface area contributed by atoms with Crippen molar-refractivity contribution in [2.45, 2.75) is 13.0 Å². The lowest BCUT2D eigenvalue weighted by Gasteiger charge is -2.40. The van der Waals surface area contributed by atoms with Gasteiger partial charge in [-0.1, -0.05) is 53.5 Å². The molecule has 4 aromatic rings. The Hall–Kier alpha value is -2.93. The average molecular weight is 497 g/mol. The van der Waals surface area contributed by atoms with Crippen LogP contribution in [-0.2, 0) is 0 Å². The van der Waals surface area contributed by atoms with Gasteiger partial charge >= 0.3 is 0 Å². The van der Waals surface area contributed by atoms with Gasteiger partial charge in [-0.15, -0.1) is 10.2 Å². The first kappa shape index (κ1) is 22.8. The van der Waals surface area contributed by atoms with Crippen molar-refractivity contribution in [3.8, 4) is 11.5 Å². The van der Waals surface area contributed by atoms with Crippen molar-refractivity contribution < 1.29 is 8.81 Å². The summed E-state index contributed by atoms with van der Waals surface area (Å²) < 4.78 is 19.9. The fourth-order valence-corrected chi connectivity index (χ4v) is 4.83. The van der Waals surface area contributed by atoms with E-state index < -0.39 is 0 Å². The highest BCUT2D eigenvalue weighted by molar-refractivity contribution is 6.31. The third kappa shape index (κ3) is 4.67. The van der Waals surface area contributed by atoms with Crippen molar-refractivity contribution in [3.63, 3.8) is 0 Å². The van der Waals surface area contributed by atoms with Crippen LogP contribution in [-0.4, -0.2) is 41.3 Å². The fourth-order valence-electron chi connectivity index (χ4n) is 4.40. The molecule has 0 N–H and O–H groups in total. The van der Waals surface area contributed by atoms with Crippen LogP contribution in [0.25, 0.3) is 11.5 Å². The smallest absolute Gasteiger partial charge is 0.247 e. The van der Waals surface area contributed by atoms with Gasteiger partial charge in [0.15, 0.2) is 0 Å². The van der Waals surface area contributed by atoms with Gasteiger partial charge in [0.25, 0.3) is 0 Å².